The molecule has 0 aliphatic carbocycles. The van der Waals surface area contributed by atoms with Crippen LogP contribution in [0.3, 0.4) is 0 Å². The first-order valence-corrected chi connectivity index (χ1v) is 10.1. The molecule has 1 amide bonds. The van der Waals surface area contributed by atoms with Crippen molar-refractivity contribution in [2.45, 2.75) is 71.6 Å². The Hall–Kier alpha value is -2.32. The standard InChI is InChI=1S/C21H32N2O6/c1-5-19(25)23-11-18(28-20(26)12(2)3)14-7-9-17(15(22)10-14)29-21-16(24)8-6-13(4)27-21/h7,9-10,12-13,16,18,21,24H,5-6,8,11,22H2,1-4H3,(H,23,25). The molecule has 4 N–H and O–H groups in total. The first-order chi connectivity index (χ1) is 13.7. The summed E-state index contributed by atoms with van der Waals surface area (Å²) >= 11 is 0. The van der Waals surface area contributed by atoms with Crippen LogP contribution in [0.1, 0.15) is 58.6 Å². The van der Waals surface area contributed by atoms with Crippen LogP contribution in [0.15, 0.2) is 18.2 Å². The average Bonchev–Trinajstić information content (AvgIpc) is 2.68. The second-order valence-corrected chi connectivity index (χ2v) is 7.61. The fourth-order valence-electron chi connectivity index (χ4n) is 2.87. The van der Waals surface area contributed by atoms with Crippen LogP contribution in [0.4, 0.5) is 5.69 Å². The number of ether oxygens (including phenoxy) is 3. The van der Waals surface area contributed by atoms with Gasteiger partial charge in [0.15, 0.2) is 0 Å². The lowest BCUT2D eigenvalue weighted by Gasteiger charge is -2.32. The number of anilines is 1. The predicted molar refractivity (Wildman–Crippen MR) is 108 cm³/mol. The van der Waals surface area contributed by atoms with E-state index in [0.717, 1.165) is 6.42 Å². The molecule has 8 nitrogen and oxygen atoms in total. The summed E-state index contributed by atoms with van der Waals surface area (Å²) in [7, 11) is 0. The third-order valence-corrected chi connectivity index (χ3v) is 4.73. The minimum Gasteiger partial charge on any atom is -0.460 e. The van der Waals surface area contributed by atoms with Crippen LogP contribution >= 0.6 is 0 Å². The van der Waals surface area contributed by atoms with Gasteiger partial charge in [-0.15, -0.1) is 0 Å². The number of aliphatic hydroxyl groups excluding tert-OH is 1. The Kier molecular flexibility index (Phi) is 8.28. The molecule has 29 heavy (non-hydrogen) atoms. The van der Waals surface area contributed by atoms with Crippen molar-refractivity contribution in [2.24, 2.45) is 5.92 Å². The zero-order valence-electron chi connectivity index (χ0n) is 17.5. The number of carbonyl (C=O) groups is 2. The maximum Gasteiger partial charge on any atom is 0.309 e. The fourth-order valence-corrected chi connectivity index (χ4v) is 2.87. The van der Waals surface area contributed by atoms with Gasteiger partial charge in [0.2, 0.25) is 12.2 Å². The Balaban J connectivity index is 2.15. The summed E-state index contributed by atoms with van der Waals surface area (Å²) in [6.07, 6.45) is -0.503. The number of nitrogens with one attached hydrogen (secondary N) is 1. The van der Waals surface area contributed by atoms with Crippen molar-refractivity contribution in [1.82, 2.24) is 5.32 Å². The highest BCUT2D eigenvalue weighted by atomic mass is 16.7. The summed E-state index contributed by atoms with van der Waals surface area (Å²) < 4.78 is 17.0. The van der Waals surface area contributed by atoms with Gasteiger partial charge in [-0.2, -0.15) is 0 Å². The van der Waals surface area contributed by atoms with Crippen LogP contribution < -0.4 is 15.8 Å². The molecule has 1 heterocycles. The van der Waals surface area contributed by atoms with E-state index in [1.165, 1.54) is 0 Å². The molecule has 1 aliphatic heterocycles. The van der Waals surface area contributed by atoms with Gasteiger partial charge >= 0.3 is 5.97 Å². The van der Waals surface area contributed by atoms with Gasteiger partial charge in [-0.3, -0.25) is 9.59 Å². The molecule has 4 atom stereocenters. The van der Waals surface area contributed by atoms with Crippen molar-refractivity contribution in [2.75, 3.05) is 12.3 Å². The summed E-state index contributed by atoms with van der Waals surface area (Å²) in [4.78, 5) is 23.7. The van der Waals surface area contributed by atoms with Crippen LogP contribution in [0, 0.1) is 5.92 Å². The van der Waals surface area contributed by atoms with Crippen molar-refractivity contribution in [3.8, 4) is 5.75 Å². The van der Waals surface area contributed by atoms with Crippen molar-refractivity contribution in [3.63, 3.8) is 0 Å². The highest BCUT2D eigenvalue weighted by molar-refractivity contribution is 5.75. The molecule has 1 aromatic carbocycles. The van der Waals surface area contributed by atoms with Gasteiger partial charge in [0.05, 0.1) is 24.3 Å². The van der Waals surface area contributed by atoms with Crippen molar-refractivity contribution in [3.05, 3.63) is 23.8 Å². The molecule has 2 rings (SSSR count). The van der Waals surface area contributed by atoms with Crippen molar-refractivity contribution < 1.29 is 28.9 Å². The summed E-state index contributed by atoms with van der Waals surface area (Å²) in [6, 6.07) is 5.02. The van der Waals surface area contributed by atoms with Gasteiger partial charge in [-0.05, 0) is 37.5 Å². The summed E-state index contributed by atoms with van der Waals surface area (Å²) in [6.45, 7) is 7.30. The lowest BCUT2D eigenvalue weighted by Crippen LogP contribution is -2.41. The Bertz CT molecular complexity index is 708. The number of amides is 1. The highest BCUT2D eigenvalue weighted by Gasteiger charge is 2.30. The zero-order valence-corrected chi connectivity index (χ0v) is 17.5. The van der Waals surface area contributed by atoms with E-state index >= 15 is 0 Å². The minimum absolute atomic E-state index is 0.00842. The number of nitrogen functional groups attached to an aromatic ring is 1. The van der Waals surface area contributed by atoms with Crippen molar-refractivity contribution >= 4 is 17.6 Å². The first kappa shape index (κ1) is 23.0. The smallest absolute Gasteiger partial charge is 0.309 e. The quantitative estimate of drug-likeness (QED) is 0.446. The molecule has 1 fully saturated rings. The number of aliphatic hydroxyl groups is 1. The van der Waals surface area contributed by atoms with Crippen LogP contribution in [0.2, 0.25) is 0 Å². The molecule has 4 unspecified atom stereocenters. The van der Waals surface area contributed by atoms with Gasteiger partial charge in [0.25, 0.3) is 0 Å². The van der Waals surface area contributed by atoms with Crippen molar-refractivity contribution in [1.29, 1.82) is 0 Å². The molecule has 1 saturated heterocycles. The lowest BCUT2D eigenvalue weighted by molar-refractivity contribution is -0.196. The fraction of sp³-hybridized carbons (Fsp3) is 0.619. The number of rotatable bonds is 8. The Morgan fingerprint density at radius 3 is 2.69 bits per heavy atom. The first-order valence-electron chi connectivity index (χ1n) is 10.1. The number of hydrogen-bond acceptors (Lipinski definition) is 7. The normalized spacial score (nSPS) is 22.8. The Labute approximate surface area is 171 Å². The van der Waals surface area contributed by atoms with E-state index in [1.807, 2.05) is 6.92 Å². The van der Waals surface area contributed by atoms with E-state index in [1.54, 1.807) is 39.0 Å². The molecule has 0 aromatic heterocycles. The van der Waals surface area contributed by atoms with E-state index in [9.17, 15) is 14.7 Å². The molecule has 0 spiro atoms. The van der Waals surface area contributed by atoms with E-state index in [2.05, 4.69) is 5.32 Å². The van der Waals surface area contributed by atoms with E-state index in [0.29, 0.717) is 29.8 Å². The average molecular weight is 408 g/mol. The number of carbonyl (C=O) groups excluding carboxylic acids is 2. The number of nitrogens with two attached hydrogens (primary N) is 1. The van der Waals surface area contributed by atoms with E-state index in [-0.39, 0.29) is 30.4 Å². The molecule has 8 heteroatoms. The Morgan fingerprint density at radius 2 is 2.07 bits per heavy atom. The number of esters is 1. The topological polar surface area (TPSA) is 120 Å². The highest BCUT2D eigenvalue weighted by Crippen LogP contribution is 2.30. The molecule has 0 bridgehead atoms. The third-order valence-electron chi connectivity index (χ3n) is 4.73. The maximum absolute atomic E-state index is 12.1. The molecular weight excluding hydrogens is 376 g/mol. The van der Waals surface area contributed by atoms with Gasteiger partial charge in [0, 0.05) is 6.42 Å². The lowest BCUT2D eigenvalue weighted by atomic mass is 10.1. The predicted octanol–water partition coefficient (Wildman–Crippen LogP) is 2.30. The number of hydrogen-bond donors (Lipinski definition) is 3. The molecule has 162 valence electrons. The third kappa shape index (κ3) is 6.61. The summed E-state index contributed by atoms with van der Waals surface area (Å²) in [5.41, 5.74) is 7.10. The SMILES string of the molecule is CCC(=O)NCC(OC(=O)C(C)C)c1ccc(OC2OC(C)CCC2O)c(N)c1. The second-order valence-electron chi connectivity index (χ2n) is 7.61. The van der Waals surface area contributed by atoms with Crippen LogP contribution in [0.5, 0.6) is 5.75 Å². The second kappa shape index (κ2) is 10.5. The minimum atomic E-state index is -0.787. The number of benzene rings is 1. The van der Waals surface area contributed by atoms with Crippen LogP contribution in [0.25, 0.3) is 0 Å². The Morgan fingerprint density at radius 1 is 1.34 bits per heavy atom. The van der Waals surface area contributed by atoms with Crippen LogP contribution in [-0.2, 0) is 19.1 Å². The molecule has 1 aromatic rings. The van der Waals surface area contributed by atoms with Gasteiger partial charge in [-0.25, -0.2) is 0 Å². The largest absolute Gasteiger partial charge is 0.460 e. The zero-order chi connectivity index (χ0) is 21.6. The van der Waals surface area contributed by atoms with Gasteiger partial charge < -0.3 is 30.4 Å². The molecule has 1 aliphatic rings. The summed E-state index contributed by atoms with van der Waals surface area (Å²) in [5, 5.41) is 12.8. The van der Waals surface area contributed by atoms with Gasteiger partial charge in [0.1, 0.15) is 18.0 Å². The molecule has 0 radical (unpaired) electrons. The monoisotopic (exact) mass is 408 g/mol. The summed E-state index contributed by atoms with van der Waals surface area (Å²) in [5.74, 6) is -0.432. The van der Waals surface area contributed by atoms with Gasteiger partial charge in [-0.1, -0.05) is 26.8 Å². The molecular formula is C21H32N2O6. The van der Waals surface area contributed by atoms with E-state index < -0.39 is 18.5 Å². The maximum atomic E-state index is 12.1. The van der Waals surface area contributed by atoms with Crippen LogP contribution in [-0.4, -0.2) is 42.0 Å². The van der Waals surface area contributed by atoms with E-state index in [4.69, 9.17) is 19.9 Å². The molecule has 0 saturated carbocycles.